The van der Waals surface area contributed by atoms with Crippen LogP contribution in [0.5, 0.6) is 5.75 Å². The lowest BCUT2D eigenvalue weighted by atomic mass is 9.88. The summed E-state index contributed by atoms with van der Waals surface area (Å²) in [5.74, 6) is 2.80. The van der Waals surface area contributed by atoms with E-state index in [0.29, 0.717) is 12.5 Å². The SMILES string of the molecule is COc1ccc([C@H](CNC(=O)[C@@H]2C[C@H]3CC[C@H]2C3)N2CCOCC2)cc1. The molecule has 1 N–H and O–H groups in total. The Hall–Kier alpha value is -1.59. The summed E-state index contributed by atoms with van der Waals surface area (Å²) < 4.78 is 10.8. The zero-order chi connectivity index (χ0) is 17.9. The average molecular weight is 358 g/mol. The Balaban J connectivity index is 1.42. The monoisotopic (exact) mass is 358 g/mol. The maximum absolute atomic E-state index is 12.8. The highest BCUT2D eigenvalue weighted by atomic mass is 16.5. The Labute approximate surface area is 156 Å². The summed E-state index contributed by atoms with van der Waals surface area (Å²) in [6.07, 6.45) is 4.94. The summed E-state index contributed by atoms with van der Waals surface area (Å²) in [6.45, 7) is 3.99. The van der Waals surface area contributed by atoms with Crippen LogP contribution in [0.25, 0.3) is 0 Å². The van der Waals surface area contributed by atoms with Crippen molar-refractivity contribution >= 4 is 5.91 Å². The van der Waals surface area contributed by atoms with E-state index in [-0.39, 0.29) is 17.9 Å². The first-order chi connectivity index (χ1) is 12.7. The van der Waals surface area contributed by atoms with Crippen LogP contribution in [-0.4, -0.2) is 50.8 Å². The molecule has 0 spiro atoms. The summed E-state index contributed by atoms with van der Waals surface area (Å²) in [4.78, 5) is 15.2. The van der Waals surface area contributed by atoms with Crippen molar-refractivity contribution in [2.24, 2.45) is 17.8 Å². The van der Waals surface area contributed by atoms with E-state index in [9.17, 15) is 4.79 Å². The number of fused-ring (bicyclic) bond motifs is 2. The molecule has 2 bridgehead atoms. The quantitative estimate of drug-likeness (QED) is 0.849. The topological polar surface area (TPSA) is 50.8 Å². The summed E-state index contributed by atoms with van der Waals surface area (Å²) in [6, 6.07) is 8.42. The van der Waals surface area contributed by atoms with Crippen molar-refractivity contribution in [3.05, 3.63) is 29.8 Å². The van der Waals surface area contributed by atoms with Gasteiger partial charge in [-0.1, -0.05) is 18.6 Å². The van der Waals surface area contributed by atoms with Crippen molar-refractivity contribution in [1.29, 1.82) is 0 Å². The summed E-state index contributed by atoms with van der Waals surface area (Å²) in [7, 11) is 1.68. The van der Waals surface area contributed by atoms with Crippen molar-refractivity contribution in [2.75, 3.05) is 40.0 Å². The van der Waals surface area contributed by atoms with Gasteiger partial charge in [0.2, 0.25) is 5.91 Å². The molecule has 4 atom stereocenters. The third-order valence-electron chi connectivity index (χ3n) is 6.53. The lowest BCUT2D eigenvalue weighted by molar-refractivity contribution is -0.126. The molecule has 2 saturated carbocycles. The predicted octanol–water partition coefficient (Wildman–Crippen LogP) is 2.62. The van der Waals surface area contributed by atoms with E-state index in [1.54, 1.807) is 7.11 Å². The van der Waals surface area contributed by atoms with E-state index in [1.165, 1.54) is 24.8 Å². The number of nitrogens with one attached hydrogen (secondary N) is 1. The molecule has 4 rings (SSSR count). The number of methoxy groups -OCH3 is 1. The first-order valence-corrected chi connectivity index (χ1v) is 9.98. The molecule has 1 aromatic rings. The highest BCUT2D eigenvalue weighted by Crippen LogP contribution is 2.48. The van der Waals surface area contributed by atoms with Gasteiger partial charge in [0.05, 0.1) is 26.4 Å². The second kappa shape index (κ2) is 7.97. The van der Waals surface area contributed by atoms with Crippen molar-refractivity contribution in [1.82, 2.24) is 10.2 Å². The maximum atomic E-state index is 12.8. The average Bonchev–Trinajstić information content (AvgIpc) is 3.33. The molecular formula is C21H30N2O3. The van der Waals surface area contributed by atoms with Crippen LogP contribution < -0.4 is 10.1 Å². The van der Waals surface area contributed by atoms with E-state index in [2.05, 4.69) is 22.3 Å². The number of hydrogen-bond acceptors (Lipinski definition) is 4. The molecule has 1 aromatic carbocycles. The summed E-state index contributed by atoms with van der Waals surface area (Å²) in [5, 5.41) is 3.28. The minimum absolute atomic E-state index is 0.187. The third-order valence-corrected chi connectivity index (χ3v) is 6.53. The van der Waals surface area contributed by atoms with Crippen LogP contribution in [0.15, 0.2) is 24.3 Å². The van der Waals surface area contributed by atoms with E-state index in [0.717, 1.165) is 44.4 Å². The highest BCUT2D eigenvalue weighted by Gasteiger charge is 2.43. The minimum Gasteiger partial charge on any atom is -0.497 e. The summed E-state index contributed by atoms with van der Waals surface area (Å²) in [5.41, 5.74) is 1.22. The molecule has 26 heavy (non-hydrogen) atoms. The first-order valence-electron chi connectivity index (χ1n) is 9.98. The molecule has 0 radical (unpaired) electrons. The van der Waals surface area contributed by atoms with Crippen molar-refractivity contribution < 1.29 is 14.3 Å². The van der Waals surface area contributed by atoms with Gasteiger partial charge in [0.25, 0.3) is 0 Å². The van der Waals surface area contributed by atoms with Gasteiger partial charge >= 0.3 is 0 Å². The maximum Gasteiger partial charge on any atom is 0.223 e. The largest absolute Gasteiger partial charge is 0.497 e. The van der Waals surface area contributed by atoms with Crippen LogP contribution in [0.2, 0.25) is 0 Å². The first kappa shape index (κ1) is 17.8. The van der Waals surface area contributed by atoms with Crippen LogP contribution in [0.1, 0.15) is 37.3 Å². The molecular weight excluding hydrogens is 328 g/mol. The number of ether oxygens (including phenoxy) is 2. The lowest BCUT2D eigenvalue weighted by Gasteiger charge is -2.35. The van der Waals surface area contributed by atoms with E-state index >= 15 is 0 Å². The van der Waals surface area contributed by atoms with Crippen LogP contribution in [0, 0.1) is 17.8 Å². The van der Waals surface area contributed by atoms with Crippen molar-refractivity contribution in [2.45, 2.75) is 31.7 Å². The second-order valence-corrected chi connectivity index (χ2v) is 7.96. The van der Waals surface area contributed by atoms with Crippen LogP contribution in [0.4, 0.5) is 0 Å². The van der Waals surface area contributed by atoms with E-state index in [4.69, 9.17) is 9.47 Å². The van der Waals surface area contributed by atoms with Gasteiger partial charge in [0, 0.05) is 25.6 Å². The molecule has 0 unspecified atom stereocenters. The van der Waals surface area contributed by atoms with E-state index < -0.39 is 0 Å². The highest BCUT2D eigenvalue weighted by molar-refractivity contribution is 5.79. The Bertz CT molecular complexity index is 612. The third kappa shape index (κ3) is 3.74. The van der Waals surface area contributed by atoms with Gasteiger partial charge in [0.15, 0.2) is 0 Å². The molecule has 3 fully saturated rings. The molecule has 1 aliphatic heterocycles. The number of rotatable bonds is 6. The van der Waals surface area contributed by atoms with Crippen molar-refractivity contribution in [3.8, 4) is 5.75 Å². The minimum atomic E-state index is 0.187. The molecule has 3 aliphatic rings. The predicted molar refractivity (Wildman–Crippen MR) is 100 cm³/mol. The molecule has 5 heteroatoms. The zero-order valence-corrected chi connectivity index (χ0v) is 15.7. The van der Waals surface area contributed by atoms with Gasteiger partial charge in [-0.15, -0.1) is 0 Å². The molecule has 142 valence electrons. The fourth-order valence-corrected chi connectivity index (χ4v) is 5.07. The van der Waals surface area contributed by atoms with Crippen LogP contribution in [0.3, 0.4) is 0 Å². The molecule has 5 nitrogen and oxygen atoms in total. The second-order valence-electron chi connectivity index (χ2n) is 7.96. The fraction of sp³-hybridized carbons (Fsp3) is 0.667. The molecule has 1 saturated heterocycles. The van der Waals surface area contributed by atoms with E-state index in [1.807, 2.05) is 12.1 Å². The van der Waals surface area contributed by atoms with Gasteiger partial charge in [-0.2, -0.15) is 0 Å². The molecule has 1 heterocycles. The number of nitrogens with zero attached hydrogens (tertiary/aromatic N) is 1. The van der Waals surface area contributed by atoms with Crippen LogP contribution in [-0.2, 0) is 9.53 Å². The number of morpholine rings is 1. The number of carbonyl (C=O) groups is 1. The van der Waals surface area contributed by atoms with Crippen LogP contribution >= 0.6 is 0 Å². The van der Waals surface area contributed by atoms with Gasteiger partial charge in [0.1, 0.15) is 5.75 Å². The molecule has 1 amide bonds. The summed E-state index contributed by atoms with van der Waals surface area (Å²) >= 11 is 0. The Morgan fingerprint density at radius 3 is 2.62 bits per heavy atom. The molecule has 2 aliphatic carbocycles. The fourth-order valence-electron chi connectivity index (χ4n) is 5.07. The Morgan fingerprint density at radius 2 is 2.00 bits per heavy atom. The van der Waals surface area contributed by atoms with Gasteiger partial charge in [-0.25, -0.2) is 0 Å². The van der Waals surface area contributed by atoms with Crippen molar-refractivity contribution in [3.63, 3.8) is 0 Å². The Kier molecular flexibility index (Phi) is 5.46. The van der Waals surface area contributed by atoms with Gasteiger partial charge in [-0.05, 0) is 48.8 Å². The zero-order valence-electron chi connectivity index (χ0n) is 15.7. The van der Waals surface area contributed by atoms with Gasteiger partial charge in [-0.3, -0.25) is 9.69 Å². The lowest BCUT2D eigenvalue weighted by Crippen LogP contribution is -2.45. The van der Waals surface area contributed by atoms with Gasteiger partial charge < -0.3 is 14.8 Å². The number of carbonyl (C=O) groups excluding carboxylic acids is 1. The number of amides is 1. The molecule has 0 aromatic heterocycles. The Morgan fingerprint density at radius 1 is 1.23 bits per heavy atom. The number of benzene rings is 1. The smallest absolute Gasteiger partial charge is 0.223 e. The standard InChI is InChI=1S/C21H30N2O3/c1-25-18-6-4-16(5-7-18)20(23-8-10-26-11-9-23)14-22-21(24)19-13-15-2-3-17(19)12-15/h4-7,15,17,19-20H,2-3,8-14H2,1H3,(H,22,24)/t15-,17-,19+,20-/m0/s1. The number of hydrogen-bond donors (Lipinski definition) is 1. The normalized spacial score (nSPS) is 29.5.